The van der Waals surface area contributed by atoms with Gasteiger partial charge in [0.15, 0.2) is 0 Å². The molecule has 0 saturated heterocycles. The van der Waals surface area contributed by atoms with E-state index in [0.29, 0.717) is 24.6 Å². The molecule has 18 heavy (non-hydrogen) atoms. The molecule has 92 valence electrons. The topological polar surface area (TPSA) is 80.7 Å². The molecule has 6 heteroatoms. The Bertz CT molecular complexity index is 575. The molecule has 2 aromatic rings. The number of aromatic nitrogens is 4. The Morgan fingerprint density at radius 2 is 1.94 bits per heavy atom. The van der Waals surface area contributed by atoms with E-state index in [1.165, 1.54) is 6.33 Å². The fraction of sp³-hybridized carbons (Fsp3) is 0.417. The summed E-state index contributed by atoms with van der Waals surface area (Å²) in [6, 6.07) is 0.282. The highest BCUT2D eigenvalue weighted by Gasteiger charge is 2.19. The summed E-state index contributed by atoms with van der Waals surface area (Å²) in [6.45, 7) is 0. The summed E-state index contributed by atoms with van der Waals surface area (Å²) >= 11 is 0. The molecule has 0 atom stereocenters. The second-order valence-electron chi connectivity index (χ2n) is 4.44. The predicted molar refractivity (Wildman–Crippen MR) is 66.0 cm³/mol. The summed E-state index contributed by atoms with van der Waals surface area (Å²) < 4.78 is 0. The van der Waals surface area contributed by atoms with Crippen molar-refractivity contribution in [2.45, 2.75) is 31.7 Å². The number of hydrogen-bond acceptors (Lipinski definition) is 6. The molecular formula is C12H13N5O. The highest BCUT2D eigenvalue weighted by Crippen LogP contribution is 2.18. The Morgan fingerprint density at radius 3 is 2.78 bits per heavy atom. The van der Waals surface area contributed by atoms with Crippen molar-refractivity contribution in [2.75, 3.05) is 5.32 Å². The number of carbonyl (C=O) groups is 1. The summed E-state index contributed by atoms with van der Waals surface area (Å²) in [5.41, 5.74) is 1.45. The molecule has 1 saturated carbocycles. The molecule has 0 bridgehead atoms. The number of nitrogens with zero attached hydrogens (tertiary/aromatic N) is 4. The van der Waals surface area contributed by atoms with Crippen LogP contribution in [0, 0.1) is 0 Å². The van der Waals surface area contributed by atoms with Crippen LogP contribution >= 0.6 is 0 Å². The molecule has 0 aromatic carbocycles. The smallest absolute Gasteiger partial charge is 0.223 e. The first-order chi connectivity index (χ1) is 8.81. The van der Waals surface area contributed by atoms with E-state index >= 15 is 0 Å². The van der Waals surface area contributed by atoms with Crippen molar-refractivity contribution in [3.05, 3.63) is 18.7 Å². The summed E-state index contributed by atoms with van der Waals surface area (Å²) in [5.74, 6) is 0.928. The normalized spacial score (nSPS) is 17.0. The molecule has 6 nitrogen and oxygen atoms in total. The van der Waals surface area contributed by atoms with E-state index in [1.807, 2.05) is 0 Å². The zero-order valence-corrected chi connectivity index (χ0v) is 9.83. The van der Waals surface area contributed by atoms with Gasteiger partial charge in [0.05, 0.1) is 12.4 Å². The third kappa shape index (κ3) is 2.27. The van der Waals surface area contributed by atoms with Crippen LogP contribution in [0.15, 0.2) is 18.7 Å². The number of carbonyl (C=O) groups excluding carboxylic acids is 1. The lowest BCUT2D eigenvalue weighted by Crippen LogP contribution is -2.26. The fourth-order valence-electron chi connectivity index (χ4n) is 2.12. The van der Waals surface area contributed by atoms with Gasteiger partial charge in [0.25, 0.3) is 0 Å². The van der Waals surface area contributed by atoms with Crippen LogP contribution in [0.25, 0.3) is 11.0 Å². The Morgan fingerprint density at radius 1 is 1.11 bits per heavy atom. The van der Waals surface area contributed by atoms with Crippen LogP contribution in [0.5, 0.6) is 0 Å². The minimum absolute atomic E-state index is 0.282. The molecule has 0 aliphatic heterocycles. The monoisotopic (exact) mass is 243 g/mol. The van der Waals surface area contributed by atoms with Gasteiger partial charge in [-0.1, -0.05) is 0 Å². The molecule has 0 spiro atoms. The summed E-state index contributed by atoms with van der Waals surface area (Å²) in [7, 11) is 0. The molecule has 1 aliphatic carbocycles. The molecule has 2 aromatic heterocycles. The van der Waals surface area contributed by atoms with Crippen LogP contribution in [0.4, 0.5) is 5.95 Å². The second kappa shape index (κ2) is 4.64. The van der Waals surface area contributed by atoms with Crippen molar-refractivity contribution in [1.29, 1.82) is 0 Å². The number of fused-ring (bicyclic) bond motifs is 1. The van der Waals surface area contributed by atoms with Gasteiger partial charge >= 0.3 is 0 Å². The van der Waals surface area contributed by atoms with Gasteiger partial charge in [0.2, 0.25) is 5.95 Å². The Labute approximate surface area is 104 Å². The van der Waals surface area contributed by atoms with E-state index in [-0.39, 0.29) is 6.04 Å². The van der Waals surface area contributed by atoms with Crippen molar-refractivity contribution < 1.29 is 4.79 Å². The van der Waals surface area contributed by atoms with Crippen LogP contribution in [-0.4, -0.2) is 31.8 Å². The van der Waals surface area contributed by atoms with E-state index in [0.717, 1.165) is 23.9 Å². The highest BCUT2D eigenvalue weighted by atomic mass is 16.1. The quantitative estimate of drug-likeness (QED) is 0.857. The lowest BCUT2D eigenvalue weighted by Gasteiger charge is -2.21. The largest absolute Gasteiger partial charge is 0.351 e. The SMILES string of the molecule is O=C1CCC(Nc2ncc3ncncc3n2)CC1. The summed E-state index contributed by atoms with van der Waals surface area (Å²) in [5, 5.41) is 3.26. The lowest BCUT2D eigenvalue weighted by atomic mass is 9.94. The van der Waals surface area contributed by atoms with Gasteiger partial charge < -0.3 is 5.32 Å². The molecule has 1 aliphatic rings. The average Bonchev–Trinajstić information content (AvgIpc) is 2.41. The van der Waals surface area contributed by atoms with Crippen molar-refractivity contribution in [1.82, 2.24) is 19.9 Å². The van der Waals surface area contributed by atoms with Crippen molar-refractivity contribution in [2.24, 2.45) is 0 Å². The minimum atomic E-state index is 0.282. The maximum absolute atomic E-state index is 11.2. The van der Waals surface area contributed by atoms with E-state index < -0.39 is 0 Å². The van der Waals surface area contributed by atoms with Crippen LogP contribution in [0.1, 0.15) is 25.7 Å². The van der Waals surface area contributed by atoms with Gasteiger partial charge in [0.1, 0.15) is 23.1 Å². The Hall–Kier alpha value is -2.11. The fourth-order valence-corrected chi connectivity index (χ4v) is 2.12. The third-order valence-corrected chi connectivity index (χ3v) is 3.13. The number of ketones is 1. The number of nitrogens with one attached hydrogen (secondary N) is 1. The van der Waals surface area contributed by atoms with Gasteiger partial charge in [-0.2, -0.15) is 0 Å². The van der Waals surface area contributed by atoms with Gasteiger partial charge in [0, 0.05) is 18.9 Å². The summed E-state index contributed by atoms with van der Waals surface area (Å²) in [4.78, 5) is 27.7. The van der Waals surface area contributed by atoms with E-state index in [2.05, 4.69) is 25.3 Å². The molecule has 2 heterocycles. The molecular weight excluding hydrogens is 230 g/mol. The molecule has 3 rings (SSSR count). The van der Waals surface area contributed by atoms with Crippen molar-refractivity contribution >= 4 is 22.8 Å². The standard InChI is InChI=1S/C12H13N5O/c18-9-3-1-8(2-4-9)16-12-14-6-10-11(17-12)5-13-7-15-10/h5-8H,1-4H2,(H,14,16,17). The van der Waals surface area contributed by atoms with E-state index in [9.17, 15) is 4.79 Å². The molecule has 1 N–H and O–H groups in total. The zero-order chi connectivity index (χ0) is 12.4. The third-order valence-electron chi connectivity index (χ3n) is 3.13. The second-order valence-corrected chi connectivity index (χ2v) is 4.44. The number of Topliss-reactive ketones (excluding diaryl/α,β-unsaturated/α-hetero) is 1. The molecule has 0 radical (unpaired) electrons. The van der Waals surface area contributed by atoms with Crippen LogP contribution in [0.3, 0.4) is 0 Å². The van der Waals surface area contributed by atoms with E-state index in [1.54, 1.807) is 12.4 Å². The minimum Gasteiger partial charge on any atom is -0.351 e. The predicted octanol–water partition coefficient (Wildman–Crippen LogP) is 1.34. The van der Waals surface area contributed by atoms with Crippen LogP contribution in [-0.2, 0) is 4.79 Å². The van der Waals surface area contributed by atoms with Gasteiger partial charge in [-0.15, -0.1) is 0 Å². The van der Waals surface area contributed by atoms with Gasteiger partial charge in [-0.25, -0.2) is 19.9 Å². The first kappa shape index (κ1) is 11.0. The zero-order valence-electron chi connectivity index (χ0n) is 9.83. The number of hydrogen-bond donors (Lipinski definition) is 1. The average molecular weight is 243 g/mol. The Kier molecular flexibility index (Phi) is 2.84. The first-order valence-electron chi connectivity index (χ1n) is 6.02. The van der Waals surface area contributed by atoms with Gasteiger partial charge in [-0.3, -0.25) is 4.79 Å². The van der Waals surface area contributed by atoms with Crippen LogP contribution < -0.4 is 5.32 Å². The number of anilines is 1. The van der Waals surface area contributed by atoms with E-state index in [4.69, 9.17) is 0 Å². The molecule has 1 fully saturated rings. The molecule has 0 unspecified atom stereocenters. The summed E-state index contributed by atoms with van der Waals surface area (Å²) in [6.07, 6.45) is 7.82. The van der Waals surface area contributed by atoms with Gasteiger partial charge in [-0.05, 0) is 12.8 Å². The first-order valence-corrected chi connectivity index (χ1v) is 6.02. The number of rotatable bonds is 2. The van der Waals surface area contributed by atoms with Crippen molar-refractivity contribution in [3.8, 4) is 0 Å². The highest BCUT2D eigenvalue weighted by molar-refractivity contribution is 5.79. The maximum atomic E-state index is 11.2. The van der Waals surface area contributed by atoms with Crippen molar-refractivity contribution in [3.63, 3.8) is 0 Å². The lowest BCUT2D eigenvalue weighted by molar-refractivity contribution is -0.120. The Balaban J connectivity index is 1.76. The molecule has 0 amide bonds. The maximum Gasteiger partial charge on any atom is 0.223 e. The van der Waals surface area contributed by atoms with Crippen LogP contribution in [0.2, 0.25) is 0 Å².